The molecule has 8 nitrogen and oxygen atoms in total. The fraction of sp³-hybridized carbons (Fsp3) is 0.240. The Morgan fingerprint density at radius 1 is 1.21 bits per heavy atom. The van der Waals surface area contributed by atoms with Crippen LogP contribution in [0.4, 0.5) is 18.3 Å². The van der Waals surface area contributed by atoms with Crippen LogP contribution in [0.5, 0.6) is 0 Å². The molecule has 200 valence electrons. The number of hydrogen-bond donors (Lipinski definition) is 2. The summed E-state index contributed by atoms with van der Waals surface area (Å²) in [6.07, 6.45) is -3.53. The van der Waals surface area contributed by atoms with E-state index in [4.69, 9.17) is 4.74 Å². The number of sulfone groups is 1. The highest BCUT2D eigenvalue weighted by Gasteiger charge is 2.39. The second kappa shape index (κ2) is 10.2. The highest BCUT2D eigenvalue weighted by atomic mass is 32.2. The molecule has 0 saturated carbocycles. The van der Waals surface area contributed by atoms with Gasteiger partial charge in [-0.2, -0.15) is 13.2 Å². The van der Waals surface area contributed by atoms with E-state index >= 15 is 0 Å². The van der Waals surface area contributed by atoms with Crippen molar-refractivity contribution >= 4 is 59.3 Å². The van der Waals surface area contributed by atoms with Crippen molar-refractivity contribution in [3.8, 4) is 0 Å². The van der Waals surface area contributed by atoms with Crippen molar-refractivity contribution in [2.24, 2.45) is 0 Å². The highest BCUT2D eigenvalue weighted by Crippen LogP contribution is 2.39. The van der Waals surface area contributed by atoms with Gasteiger partial charge in [-0.3, -0.25) is 9.59 Å². The maximum absolute atomic E-state index is 13.9. The summed E-state index contributed by atoms with van der Waals surface area (Å²) in [5, 5.41) is 1.68. The zero-order valence-corrected chi connectivity index (χ0v) is 21.8. The number of benzene rings is 2. The summed E-state index contributed by atoms with van der Waals surface area (Å²) >= 11 is 1.15. The Morgan fingerprint density at radius 3 is 2.58 bits per heavy atom. The molecule has 13 heteroatoms. The number of H-pyrrole nitrogens is 1. The molecule has 0 aliphatic rings. The summed E-state index contributed by atoms with van der Waals surface area (Å²) in [4.78, 5) is 30.7. The van der Waals surface area contributed by atoms with E-state index in [0.29, 0.717) is 20.9 Å². The van der Waals surface area contributed by atoms with Crippen molar-refractivity contribution in [3.05, 3.63) is 71.9 Å². The Hall–Kier alpha value is -3.71. The second-order valence-corrected chi connectivity index (χ2v) is 11.5. The number of carbonyl (C=O) groups excluding carboxylic acids is 2. The van der Waals surface area contributed by atoms with Gasteiger partial charge in [-0.05, 0) is 42.0 Å². The number of esters is 1. The lowest BCUT2D eigenvalue weighted by Gasteiger charge is -2.22. The number of amides is 1. The molecule has 2 atom stereocenters. The Balaban J connectivity index is 1.78. The van der Waals surface area contributed by atoms with E-state index < -0.39 is 38.2 Å². The molecule has 0 aliphatic carbocycles. The van der Waals surface area contributed by atoms with Crippen molar-refractivity contribution in [3.63, 3.8) is 0 Å². The molecule has 0 bridgehead atoms. The highest BCUT2D eigenvalue weighted by molar-refractivity contribution is 7.91. The normalized spacial score (nSPS) is 13.8. The van der Waals surface area contributed by atoms with Gasteiger partial charge in [-0.1, -0.05) is 30.4 Å². The van der Waals surface area contributed by atoms with Crippen LogP contribution in [0.15, 0.2) is 55.1 Å². The molecular weight excluding hydrogens is 543 g/mol. The number of aromatic amines is 1. The summed E-state index contributed by atoms with van der Waals surface area (Å²) in [5.41, 5.74) is -1.76. The summed E-state index contributed by atoms with van der Waals surface area (Å²) in [7, 11) is -4.39. The first-order valence-electron chi connectivity index (χ1n) is 11.3. The molecule has 2 aromatic carbocycles. The second-order valence-electron chi connectivity index (χ2n) is 8.37. The predicted molar refractivity (Wildman–Crippen MR) is 138 cm³/mol. The average Bonchev–Trinajstić information content (AvgIpc) is 3.43. The van der Waals surface area contributed by atoms with Crippen LogP contribution in [0.2, 0.25) is 0 Å². The Labute approximate surface area is 219 Å². The first-order chi connectivity index (χ1) is 17.8. The minimum atomic E-state index is -4.59. The number of fused-ring (bicyclic) bond motifs is 2. The van der Waals surface area contributed by atoms with E-state index in [1.54, 1.807) is 12.1 Å². The number of alkyl halides is 3. The molecule has 2 N–H and O–H groups in total. The molecule has 1 amide bonds. The van der Waals surface area contributed by atoms with Crippen LogP contribution in [-0.2, 0) is 30.3 Å². The number of halogens is 3. The lowest BCUT2D eigenvalue weighted by molar-refractivity contribution is -0.145. The molecule has 4 aromatic rings. The van der Waals surface area contributed by atoms with Gasteiger partial charge in [0.15, 0.2) is 5.13 Å². The van der Waals surface area contributed by atoms with E-state index in [1.807, 2.05) is 0 Å². The van der Waals surface area contributed by atoms with Gasteiger partial charge in [0.2, 0.25) is 21.2 Å². The number of rotatable bonds is 8. The number of nitrogens with one attached hydrogen (secondary N) is 2. The zero-order chi connectivity index (χ0) is 27.8. The number of aromatic nitrogens is 2. The smallest absolute Gasteiger partial charge is 0.416 e. The quantitative estimate of drug-likeness (QED) is 0.198. The molecule has 0 fully saturated rings. The zero-order valence-electron chi connectivity index (χ0n) is 20.1. The van der Waals surface area contributed by atoms with Crippen LogP contribution in [-0.4, -0.2) is 30.3 Å². The minimum Gasteiger partial charge on any atom is -0.439 e. The third kappa shape index (κ3) is 5.43. The Morgan fingerprint density at radius 2 is 1.95 bits per heavy atom. The molecule has 2 aromatic heterocycles. The summed E-state index contributed by atoms with van der Waals surface area (Å²) in [6.45, 7) is 6.49. The average molecular weight is 566 g/mol. The van der Waals surface area contributed by atoms with E-state index in [1.165, 1.54) is 38.1 Å². The largest absolute Gasteiger partial charge is 0.439 e. The van der Waals surface area contributed by atoms with E-state index in [2.05, 4.69) is 21.9 Å². The van der Waals surface area contributed by atoms with Crippen molar-refractivity contribution in [2.45, 2.75) is 37.1 Å². The minimum absolute atomic E-state index is 0.0974. The maximum Gasteiger partial charge on any atom is 0.416 e. The van der Waals surface area contributed by atoms with Crippen molar-refractivity contribution in [1.82, 2.24) is 9.97 Å². The number of ether oxygens (including phenoxy) is 1. The van der Waals surface area contributed by atoms with Crippen LogP contribution in [0.1, 0.15) is 47.8 Å². The first kappa shape index (κ1) is 27.3. The third-order valence-corrected chi connectivity index (χ3v) is 8.69. The van der Waals surface area contributed by atoms with Gasteiger partial charge in [0.1, 0.15) is 5.25 Å². The molecule has 0 spiro atoms. The van der Waals surface area contributed by atoms with Gasteiger partial charge in [-0.25, -0.2) is 13.4 Å². The number of carbonyl (C=O) groups is 2. The number of hydrogen-bond acceptors (Lipinski definition) is 7. The molecule has 0 radical (unpaired) electrons. The lowest BCUT2D eigenvalue weighted by Crippen LogP contribution is -2.24. The first-order valence-corrected chi connectivity index (χ1v) is 13.7. The molecule has 38 heavy (non-hydrogen) atoms. The summed E-state index contributed by atoms with van der Waals surface area (Å²) in [6, 6.07) is 8.87. The number of nitrogens with zero attached hydrogens (tertiary/aromatic N) is 1. The van der Waals surface area contributed by atoms with Crippen LogP contribution >= 0.6 is 11.3 Å². The molecular formula is C25H22F3N3O5S2. The van der Waals surface area contributed by atoms with E-state index in [9.17, 15) is 31.2 Å². The molecule has 2 unspecified atom stereocenters. The van der Waals surface area contributed by atoms with Crippen LogP contribution in [0, 0.1) is 0 Å². The Kier molecular flexibility index (Phi) is 7.35. The number of thiazole rings is 1. The van der Waals surface area contributed by atoms with Gasteiger partial charge >= 0.3 is 12.1 Å². The van der Waals surface area contributed by atoms with Gasteiger partial charge in [0.25, 0.3) is 0 Å². The standard InChI is InChI=1S/C25H22F3N3O5S2/c1-4-21(14-6-8-18-20(12-14)37-24(31-18)29-13(3)32)38(34,35)23(36-22(33)5-2)19-11-15-10-16(25(26,27)28)7-9-17(15)30-19/h4,6-12,21,23,30H,1,5H2,2-3H3,(H,29,31,32). The SMILES string of the molecule is C=CC(c1ccc2nc(NC(C)=O)sc2c1)S(=O)(=O)C(OC(=O)CC)c1cc2cc(C(F)(F)F)ccc2[nH]1. The van der Waals surface area contributed by atoms with E-state index in [-0.39, 0.29) is 28.9 Å². The van der Waals surface area contributed by atoms with Crippen LogP contribution < -0.4 is 5.32 Å². The number of anilines is 1. The predicted octanol–water partition coefficient (Wildman–Crippen LogP) is 6.05. The summed E-state index contributed by atoms with van der Waals surface area (Å²) in [5.74, 6) is -1.12. The van der Waals surface area contributed by atoms with Crippen molar-refractivity contribution in [2.75, 3.05) is 5.32 Å². The topological polar surface area (TPSA) is 118 Å². The van der Waals surface area contributed by atoms with Crippen LogP contribution in [0.3, 0.4) is 0 Å². The van der Waals surface area contributed by atoms with Gasteiger partial charge in [0.05, 0.1) is 21.5 Å². The Bertz CT molecular complexity index is 1660. The lowest BCUT2D eigenvalue weighted by atomic mass is 10.1. The molecule has 0 aliphatic heterocycles. The fourth-order valence-electron chi connectivity index (χ4n) is 3.88. The summed E-state index contributed by atoms with van der Waals surface area (Å²) < 4.78 is 73.3. The molecule has 0 saturated heterocycles. The van der Waals surface area contributed by atoms with Crippen molar-refractivity contribution < 1.29 is 35.9 Å². The van der Waals surface area contributed by atoms with Crippen LogP contribution in [0.25, 0.3) is 21.1 Å². The van der Waals surface area contributed by atoms with Gasteiger partial charge in [0, 0.05) is 24.2 Å². The third-order valence-electron chi connectivity index (χ3n) is 5.64. The van der Waals surface area contributed by atoms with E-state index in [0.717, 1.165) is 23.5 Å². The van der Waals surface area contributed by atoms with Crippen molar-refractivity contribution in [1.29, 1.82) is 0 Å². The monoisotopic (exact) mass is 565 g/mol. The van der Waals surface area contributed by atoms with Gasteiger partial charge < -0.3 is 15.0 Å². The maximum atomic E-state index is 13.9. The van der Waals surface area contributed by atoms with Gasteiger partial charge in [-0.15, -0.1) is 6.58 Å². The molecule has 4 rings (SSSR count). The fourth-order valence-corrected chi connectivity index (χ4v) is 6.63. The molecule has 2 heterocycles.